The molecule has 0 atom stereocenters. The number of aromatic nitrogens is 1. The summed E-state index contributed by atoms with van der Waals surface area (Å²) < 4.78 is 10.7. The highest BCUT2D eigenvalue weighted by Gasteiger charge is 2.29. The van der Waals surface area contributed by atoms with Crippen LogP contribution in [-0.2, 0) is 4.74 Å². The molecule has 1 aromatic rings. The van der Waals surface area contributed by atoms with Gasteiger partial charge in [0.1, 0.15) is 0 Å². The molecule has 0 aromatic carbocycles. The fraction of sp³-hybridized carbons (Fsp3) is 0.583. The Morgan fingerprint density at radius 3 is 3.00 bits per heavy atom. The highest BCUT2D eigenvalue weighted by atomic mass is 16.5. The van der Waals surface area contributed by atoms with Crippen LogP contribution < -0.4 is 10.1 Å². The van der Waals surface area contributed by atoms with Crippen molar-refractivity contribution in [3.05, 3.63) is 18.3 Å². The number of nitrogens with zero attached hydrogens (tertiary/aromatic N) is 1. The number of pyridine rings is 1. The minimum atomic E-state index is 0.400. The van der Waals surface area contributed by atoms with E-state index in [2.05, 4.69) is 10.3 Å². The van der Waals surface area contributed by atoms with Crippen molar-refractivity contribution in [1.82, 2.24) is 4.98 Å². The van der Waals surface area contributed by atoms with Crippen LogP contribution in [0, 0.1) is 0 Å². The SMILES string of the molecule is CCOc1cccnc1NC1CC(OC)C1. The second-order valence-corrected chi connectivity index (χ2v) is 3.95. The average molecular weight is 222 g/mol. The Kier molecular flexibility index (Phi) is 3.62. The van der Waals surface area contributed by atoms with Crippen LogP contribution in [0.3, 0.4) is 0 Å². The molecule has 1 aromatic heterocycles. The Balaban J connectivity index is 1.93. The molecule has 1 heterocycles. The number of hydrogen-bond donors (Lipinski definition) is 1. The van der Waals surface area contributed by atoms with Crippen molar-refractivity contribution < 1.29 is 9.47 Å². The third-order valence-corrected chi connectivity index (χ3v) is 2.84. The van der Waals surface area contributed by atoms with E-state index < -0.39 is 0 Å². The number of hydrogen-bond acceptors (Lipinski definition) is 4. The summed E-state index contributed by atoms with van der Waals surface area (Å²) in [5, 5.41) is 3.38. The van der Waals surface area contributed by atoms with E-state index in [1.807, 2.05) is 19.1 Å². The van der Waals surface area contributed by atoms with Crippen molar-refractivity contribution in [2.75, 3.05) is 19.0 Å². The van der Waals surface area contributed by atoms with Gasteiger partial charge < -0.3 is 14.8 Å². The Bertz CT molecular complexity index is 338. The van der Waals surface area contributed by atoms with Crippen molar-refractivity contribution in [1.29, 1.82) is 0 Å². The van der Waals surface area contributed by atoms with Crippen LogP contribution in [-0.4, -0.2) is 30.8 Å². The molecular formula is C12H18N2O2. The zero-order valence-electron chi connectivity index (χ0n) is 9.77. The first kappa shape index (κ1) is 11.2. The summed E-state index contributed by atoms with van der Waals surface area (Å²) >= 11 is 0. The van der Waals surface area contributed by atoms with Crippen molar-refractivity contribution in [2.45, 2.75) is 31.9 Å². The molecule has 1 N–H and O–H groups in total. The first-order valence-corrected chi connectivity index (χ1v) is 5.70. The predicted molar refractivity (Wildman–Crippen MR) is 62.8 cm³/mol. The van der Waals surface area contributed by atoms with E-state index in [-0.39, 0.29) is 0 Å². The number of anilines is 1. The van der Waals surface area contributed by atoms with Crippen molar-refractivity contribution in [2.24, 2.45) is 0 Å². The summed E-state index contributed by atoms with van der Waals surface area (Å²) in [6.45, 7) is 2.63. The van der Waals surface area contributed by atoms with Crippen LogP contribution in [0.25, 0.3) is 0 Å². The Hall–Kier alpha value is -1.29. The van der Waals surface area contributed by atoms with Crippen LogP contribution in [0.5, 0.6) is 5.75 Å². The molecular weight excluding hydrogens is 204 g/mol. The summed E-state index contributed by atoms with van der Waals surface area (Å²) in [5.41, 5.74) is 0. The summed E-state index contributed by atoms with van der Waals surface area (Å²) in [4.78, 5) is 4.29. The zero-order chi connectivity index (χ0) is 11.4. The maximum atomic E-state index is 5.50. The molecule has 16 heavy (non-hydrogen) atoms. The van der Waals surface area contributed by atoms with Gasteiger partial charge in [-0.1, -0.05) is 0 Å². The smallest absolute Gasteiger partial charge is 0.168 e. The zero-order valence-corrected chi connectivity index (χ0v) is 9.77. The predicted octanol–water partition coefficient (Wildman–Crippen LogP) is 2.07. The summed E-state index contributed by atoms with van der Waals surface area (Å²) in [5.74, 6) is 1.66. The molecule has 4 heteroatoms. The number of nitrogens with one attached hydrogen (secondary N) is 1. The molecule has 1 saturated carbocycles. The maximum Gasteiger partial charge on any atom is 0.168 e. The van der Waals surface area contributed by atoms with Gasteiger partial charge in [0.2, 0.25) is 0 Å². The lowest BCUT2D eigenvalue weighted by Gasteiger charge is -2.35. The van der Waals surface area contributed by atoms with Crippen molar-refractivity contribution in [3.63, 3.8) is 0 Å². The molecule has 88 valence electrons. The molecule has 2 rings (SSSR count). The van der Waals surface area contributed by atoms with Gasteiger partial charge in [0.25, 0.3) is 0 Å². The van der Waals surface area contributed by atoms with Gasteiger partial charge in [0.15, 0.2) is 11.6 Å². The monoisotopic (exact) mass is 222 g/mol. The third kappa shape index (κ3) is 2.44. The topological polar surface area (TPSA) is 43.4 Å². The van der Waals surface area contributed by atoms with E-state index in [9.17, 15) is 0 Å². The Morgan fingerprint density at radius 1 is 1.50 bits per heavy atom. The first-order valence-electron chi connectivity index (χ1n) is 5.70. The quantitative estimate of drug-likeness (QED) is 0.828. The summed E-state index contributed by atoms with van der Waals surface area (Å²) in [7, 11) is 1.76. The molecule has 1 aliphatic carbocycles. The van der Waals surface area contributed by atoms with E-state index in [0.717, 1.165) is 24.4 Å². The van der Waals surface area contributed by atoms with Gasteiger partial charge in [0.05, 0.1) is 12.7 Å². The molecule has 0 radical (unpaired) electrons. The van der Waals surface area contributed by atoms with E-state index >= 15 is 0 Å². The fourth-order valence-electron chi connectivity index (χ4n) is 1.84. The van der Waals surface area contributed by atoms with Gasteiger partial charge in [-0.15, -0.1) is 0 Å². The highest BCUT2D eigenvalue weighted by molar-refractivity contribution is 5.50. The lowest BCUT2D eigenvalue weighted by molar-refractivity contribution is 0.0327. The van der Waals surface area contributed by atoms with Crippen molar-refractivity contribution in [3.8, 4) is 5.75 Å². The highest BCUT2D eigenvalue weighted by Crippen LogP contribution is 2.29. The minimum Gasteiger partial charge on any atom is -0.490 e. The Labute approximate surface area is 96.0 Å². The first-order chi connectivity index (χ1) is 7.83. The fourth-order valence-corrected chi connectivity index (χ4v) is 1.84. The van der Waals surface area contributed by atoms with Crippen LogP contribution in [0.4, 0.5) is 5.82 Å². The second kappa shape index (κ2) is 5.16. The molecule has 0 bridgehead atoms. The number of rotatable bonds is 5. The van der Waals surface area contributed by atoms with E-state index in [0.29, 0.717) is 18.8 Å². The Morgan fingerprint density at radius 2 is 2.31 bits per heavy atom. The van der Waals surface area contributed by atoms with Crippen molar-refractivity contribution >= 4 is 5.82 Å². The summed E-state index contributed by atoms with van der Waals surface area (Å²) in [6, 6.07) is 4.28. The van der Waals surface area contributed by atoms with Crippen LogP contribution in [0.15, 0.2) is 18.3 Å². The van der Waals surface area contributed by atoms with Crippen LogP contribution in [0.2, 0.25) is 0 Å². The van der Waals surface area contributed by atoms with Gasteiger partial charge in [-0.05, 0) is 31.9 Å². The van der Waals surface area contributed by atoms with Gasteiger partial charge in [-0.3, -0.25) is 0 Å². The normalized spacial score (nSPS) is 23.6. The standard InChI is InChI=1S/C12H18N2O2/c1-3-16-11-5-4-6-13-12(11)14-9-7-10(8-9)15-2/h4-6,9-10H,3,7-8H2,1-2H3,(H,13,14). The average Bonchev–Trinajstić information content (AvgIpc) is 2.25. The molecule has 0 spiro atoms. The third-order valence-electron chi connectivity index (χ3n) is 2.84. The van der Waals surface area contributed by atoms with E-state index in [1.54, 1.807) is 13.3 Å². The molecule has 0 unspecified atom stereocenters. The lowest BCUT2D eigenvalue weighted by Crippen LogP contribution is -2.40. The second-order valence-electron chi connectivity index (χ2n) is 3.95. The van der Waals surface area contributed by atoms with E-state index in [1.165, 1.54) is 0 Å². The summed E-state index contributed by atoms with van der Waals surface area (Å²) in [6.07, 6.45) is 4.26. The van der Waals surface area contributed by atoms with Gasteiger partial charge >= 0.3 is 0 Å². The molecule has 0 amide bonds. The largest absolute Gasteiger partial charge is 0.490 e. The van der Waals surface area contributed by atoms with Crippen LogP contribution in [0.1, 0.15) is 19.8 Å². The van der Waals surface area contributed by atoms with Gasteiger partial charge in [-0.2, -0.15) is 0 Å². The maximum absolute atomic E-state index is 5.50. The van der Waals surface area contributed by atoms with Gasteiger partial charge in [-0.25, -0.2) is 4.98 Å². The number of ether oxygens (including phenoxy) is 2. The minimum absolute atomic E-state index is 0.400. The lowest BCUT2D eigenvalue weighted by atomic mass is 9.89. The number of methoxy groups -OCH3 is 1. The molecule has 1 aliphatic rings. The molecule has 0 aliphatic heterocycles. The van der Waals surface area contributed by atoms with E-state index in [4.69, 9.17) is 9.47 Å². The molecule has 0 saturated heterocycles. The molecule has 1 fully saturated rings. The molecule has 4 nitrogen and oxygen atoms in total. The van der Waals surface area contributed by atoms with Crippen LogP contribution >= 0.6 is 0 Å². The van der Waals surface area contributed by atoms with Gasteiger partial charge in [0, 0.05) is 19.3 Å².